The van der Waals surface area contributed by atoms with Gasteiger partial charge in [0.25, 0.3) is 11.8 Å². The van der Waals surface area contributed by atoms with E-state index in [0.717, 1.165) is 5.39 Å². The third kappa shape index (κ3) is 5.60. The number of halogens is 2. The molecule has 0 fully saturated rings. The Morgan fingerprint density at radius 2 is 1.98 bits per heavy atom. The predicted octanol–water partition coefficient (Wildman–Crippen LogP) is 4.50. The van der Waals surface area contributed by atoms with Crippen LogP contribution < -0.4 is 5.32 Å². The summed E-state index contributed by atoms with van der Waals surface area (Å²) in [7, 11) is -1.29. The summed E-state index contributed by atoms with van der Waals surface area (Å²) in [6, 6.07) is 8.96. The number of aliphatic carboxylic acids is 1. The lowest BCUT2D eigenvalue weighted by atomic mass is 9.95. The molecule has 2 aromatic carbocycles. The number of carboxylic acids is 1. The summed E-state index contributed by atoms with van der Waals surface area (Å²) in [5, 5.41) is 13.3. The molecule has 0 radical (unpaired) electrons. The van der Waals surface area contributed by atoms with Gasteiger partial charge in [0.05, 0.1) is 37.6 Å². The number of carboxylic acid groups (broad SMARTS) is 1. The highest BCUT2D eigenvalue weighted by Gasteiger charge is 2.30. The van der Waals surface area contributed by atoms with Gasteiger partial charge in [-0.1, -0.05) is 29.3 Å². The van der Waals surface area contributed by atoms with Crippen molar-refractivity contribution in [2.75, 3.05) is 12.8 Å². The number of hydrogen-bond donors (Lipinski definition) is 2. The number of amides is 2. The molecule has 2 amide bonds. The largest absolute Gasteiger partial charge is 0.480 e. The number of carbonyl (C=O) groups excluding carboxylic acids is 2. The Morgan fingerprint density at radius 1 is 1.18 bits per heavy atom. The van der Waals surface area contributed by atoms with Crippen LogP contribution >= 0.6 is 23.2 Å². The Kier molecular flexibility index (Phi) is 7.93. The third-order valence-corrected chi connectivity index (χ3v) is 8.37. The Bertz CT molecular complexity index is 1690. The van der Waals surface area contributed by atoms with Crippen molar-refractivity contribution in [3.63, 3.8) is 0 Å². The zero-order valence-electron chi connectivity index (χ0n) is 21.1. The summed E-state index contributed by atoms with van der Waals surface area (Å²) >= 11 is 13.1. The number of benzene rings is 2. The minimum atomic E-state index is -1.31. The van der Waals surface area contributed by atoms with Crippen molar-refractivity contribution in [2.45, 2.75) is 30.3 Å². The first kappa shape index (κ1) is 27.8. The summed E-state index contributed by atoms with van der Waals surface area (Å²) in [5.74, 6) is -2.17. The van der Waals surface area contributed by atoms with Gasteiger partial charge in [-0.15, -0.1) is 0 Å². The number of hydrogen-bond acceptors (Lipinski definition) is 6. The first-order chi connectivity index (χ1) is 19.1. The Balaban J connectivity index is 1.34. The molecule has 0 saturated heterocycles. The molecule has 0 spiro atoms. The maximum atomic E-state index is 13.2. The molecule has 40 heavy (non-hydrogen) atoms. The van der Waals surface area contributed by atoms with Crippen LogP contribution in [0.2, 0.25) is 10.0 Å². The predicted molar refractivity (Wildman–Crippen MR) is 150 cm³/mol. The highest BCUT2D eigenvalue weighted by Crippen LogP contribution is 2.35. The molecule has 1 aliphatic heterocycles. The van der Waals surface area contributed by atoms with E-state index < -0.39 is 28.7 Å². The number of furan rings is 1. The van der Waals surface area contributed by atoms with E-state index >= 15 is 0 Å². The molecule has 206 valence electrons. The molecular formula is C28H23Cl2N3O6S. The Hall–Kier alpha value is -3.73. The van der Waals surface area contributed by atoms with Crippen LogP contribution in [0, 0.1) is 0 Å². The quantitative estimate of drug-likeness (QED) is 0.320. The van der Waals surface area contributed by atoms with Crippen molar-refractivity contribution < 1.29 is 28.1 Å². The van der Waals surface area contributed by atoms with Gasteiger partial charge in [0.15, 0.2) is 0 Å². The van der Waals surface area contributed by atoms with E-state index in [0.29, 0.717) is 45.7 Å². The topological polar surface area (TPSA) is 130 Å². The highest BCUT2D eigenvalue weighted by atomic mass is 35.5. The van der Waals surface area contributed by atoms with Crippen molar-refractivity contribution in [2.24, 2.45) is 0 Å². The molecule has 9 nitrogen and oxygen atoms in total. The molecule has 3 heterocycles. The summed E-state index contributed by atoms with van der Waals surface area (Å²) in [4.78, 5) is 44.5. The smallest absolute Gasteiger partial charge is 0.326 e. The van der Waals surface area contributed by atoms with E-state index in [1.54, 1.807) is 35.4 Å². The number of fused-ring (bicyclic) bond motifs is 2. The second-order valence-corrected chi connectivity index (χ2v) is 11.6. The third-order valence-electron chi connectivity index (χ3n) is 6.77. The second-order valence-electron chi connectivity index (χ2n) is 9.39. The fourth-order valence-electron chi connectivity index (χ4n) is 4.70. The number of carbonyl (C=O) groups is 3. The van der Waals surface area contributed by atoms with E-state index in [9.17, 15) is 23.7 Å². The molecule has 2 aromatic heterocycles. The van der Waals surface area contributed by atoms with Crippen LogP contribution in [0.5, 0.6) is 0 Å². The van der Waals surface area contributed by atoms with Crippen LogP contribution in [0.3, 0.4) is 0 Å². The van der Waals surface area contributed by atoms with E-state index in [1.165, 1.54) is 18.6 Å². The molecule has 5 rings (SSSR count). The van der Waals surface area contributed by atoms with Gasteiger partial charge in [-0.05, 0) is 53.4 Å². The zero-order chi connectivity index (χ0) is 28.6. The van der Waals surface area contributed by atoms with Gasteiger partial charge < -0.3 is 19.7 Å². The monoisotopic (exact) mass is 599 g/mol. The van der Waals surface area contributed by atoms with Gasteiger partial charge in [-0.2, -0.15) is 0 Å². The molecule has 2 atom stereocenters. The molecule has 12 heteroatoms. The van der Waals surface area contributed by atoms with Gasteiger partial charge in [0.1, 0.15) is 11.6 Å². The van der Waals surface area contributed by atoms with E-state index in [4.69, 9.17) is 27.6 Å². The fourth-order valence-corrected chi connectivity index (χ4v) is 5.99. The second kappa shape index (κ2) is 11.4. The van der Waals surface area contributed by atoms with Crippen LogP contribution in [0.25, 0.3) is 11.0 Å². The molecule has 1 aliphatic rings. The average molecular weight is 600 g/mol. The van der Waals surface area contributed by atoms with Gasteiger partial charge in [0.2, 0.25) is 0 Å². The molecule has 0 aliphatic carbocycles. The Labute approximate surface area is 241 Å². The van der Waals surface area contributed by atoms with Crippen LogP contribution in [-0.4, -0.2) is 55.8 Å². The van der Waals surface area contributed by atoms with Crippen molar-refractivity contribution in [1.82, 2.24) is 15.2 Å². The molecule has 2 N–H and O–H groups in total. The molecule has 4 aromatic rings. The first-order valence-corrected chi connectivity index (χ1v) is 14.5. The van der Waals surface area contributed by atoms with Crippen LogP contribution in [0.1, 0.15) is 37.4 Å². The maximum Gasteiger partial charge on any atom is 0.326 e. The summed E-state index contributed by atoms with van der Waals surface area (Å²) in [5.41, 5.74) is 2.96. The highest BCUT2D eigenvalue weighted by molar-refractivity contribution is 7.84. The van der Waals surface area contributed by atoms with Gasteiger partial charge in [-0.25, -0.2) is 4.79 Å². The van der Waals surface area contributed by atoms with Crippen LogP contribution in [0.15, 0.2) is 64.4 Å². The van der Waals surface area contributed by atoms with Crippen LogP contribution in [-0.2, 0) is 35.0 Å². The molecule has 0 bridgehead atoms. The average Bonchev–Trinajstić information content (AvgIpc) is 3.40. The zero-order valence-corrected chi connectivity index (χ0v) is 23.5. The number of pyridine rings is 1. The van der Waals surface area contributed by atoms with Gasteiger partial charge in [-0.3, -0.25) is 18.8 Å². The summed E-state index contributed by atoms with van der Waals surface area (Å²) < 4.78 is 17.2. The standard InChI is InChI=1S/C28H23Cl2N3O6S/c1-40(38)19-8-15(12-31-13-19)9-22(28(36)37)32-26(34)24-21(29)10-18-14-33(6-4-20(18)25(24)30)27(35)17-3-2-16-5-7-39-23(16)11-17/h2-3,5,7-8,10-13,22H,4,6,9,14H2,1H3,(H,32,34)(H,36,37). The first-order valence-electron chi connectivity index (χ1n) is 12.2. The minimum Gasteiger partial charge on any atom is -0.480 e. The van der Waals surface area contributed by atoms with Crippen molar-refractivity contribution in [3.05, 3.63) is 92.9 Å². The fraction of sp³-hybridized carbons (Fsp3) is 0.214. The number of nitrogens with zero attached hydrogens (tertiary/aromatic N) is 2. The van der Waals surface area contributed by atoms with E-state index in [2.05, 4.69) is 10.3 Å². The summed E-state index contributed by atoms with van der Waals surface area (Å²) in [6.07, 6.45) is 6.25. The minimum absolute atomic E-state index is 0.0297. The maximum absolute atomic E-state index is 13.2. The van der Waals surface area contributed by atoms with Crippen molar-refractivity contribution >= 4 is 62.8 Å². The number of rotatable bonds is 7. The lowest BCUT2D eigenvalue weighted by molar-refractivity contribution is -0.139. The van der Waals surface area contributed by atoms with Crippen molar-refractivity contribution in [1.29, 1.82) is 0 Å². The van der Waals surface area contributed by atoms with Gasteiger partial charge >= 0.3 is 5.97 Å². The van der Waals surface area contributed by atoms with Crippen molar-refractivity contribution in [3.8, 4) is 0 Å². The van der Waals surface area contributed by atoms with E-state index in [-0.39, 0.29) is 34.5 Å². The molecule has 2 unspecified atom stereocenters. The van der Waals surface area contributed by atoms with E-state index in [1.807, 2.05) is 12.1 Å². The Morgan fingerprint density at radius 3 is 2.73 bits per heavy atom. The van der Waals surface area contributed by atoms with Gasteiger partial charge in [0, 0.05) is 49.1 Å². The number of nitrogens with one attached hydrogen (secondary N) is 1. The lowest BCUT2D eigenvalue weighted by Gasteiger charge is -2.30. The number of aromatic nitrogens is 1. The normalized spacial score (nSPS) is 14.4. The molecule has 0 saturated carbocycles. The molecular weight excluding hydrogens is 577 g/mol. The SMILES string of the molecule is CS(=O)c1cncc(CC(NC(=O)c2c(Cl)cc3c(c2Cl)CCN(C(=O)c2ccc4ccoc4c2)C3)C(=O)O)c1. The summed E-state index contributed by atoms with van der Waals surface area (Å²) in [6.45, 7) is 0.607. The lowest BCUT2D eigenvalue weighted by Crippen LogP contribution is -2.42. The van der Waals surface area contributed by atoms with Crippen LogP contribution in [0.4, 0.5) is 0 Å².